The summed E-state index contributed by atoms with van der Waals surface area (Å²) in [6.07, 6.45) is 1.74. The average Bonchev–Trinajstić information content (AvgIpc) is 3.31. The van der Waals surface area contributed by atoms with Crippen molar-refractivity contribution in [3.05, 3.63) is 50.7 Å². The molecule has 25 heavy (non-hydrogen) atoms. The molecule has 1 aliphatic heterocycles. The second-order valence-electron chi connectivity index (χ2n) is 6.03. The van der Waals surface area contributed by atoms with Gasteiger partial charge in [-0.2, -0.15) is 0 Å². The molecule has 126 valence electrons. The molecule has 1 unspecified atom stereocenters. The van der Waals surface area contributed by atoms with Crippen molar-refractivity contribution in [2.45, 2.75) is 19.9 Å². The average molecular weight is 354 g/mol. The molecular weight excluding hydrogens is 340 g/mol. The minimum Gasteiger partial charge on any atom is -0.488 e. The van der Waals surface area contributed by atoms with Crippen molar-refractivity contribution in [2.75, 3.05) is 6.61 Å². The number of nitrogens with zero attached hydrogens (tertiary/aromatic N) is 3. The Labute approximate surface area is 145 Å². The highest BCUT2D eigenvalue weighted by molar-refractivity contribution is 7.09. The highest BCUT2D eigenvalue weighted by atomic mass is 32.1. The molecule has 3 aromatic heterocycles. The standard InChI is InChI=1S/C17H14N4O3S/c1-8-13(9(2)24-20-8)10-3-4-11-14-15(10)23-7-12(16-18-5-6-25-16)21(14)17(22)19-11/h3-6,12H,7H2,1-2H3,(H,19,22). The zero-order chi connectivity index (χ0) is 17.1. The lowest BCUT2D eigenvalue weighted by atomic mass is 10.0. The smallest absolute Gasteiger partial charge is 0.327 e. The number of ether oxygens (including phenoxy) is 1. The van der Waals surface area contributed by atoms with Crippen LogP contribution >= 0.6 is 11.3 Å². The Morgan fingerprint density at radius 3 is 2.96 bits per heavy atom. The second-order valence-corrected chi connectivity index (χ2v) is 6.96. The molecule has 7 nitrogen and oxygen atoms in total. The summed E-state index contributed by atoms with van der Waals surface area (Å²) in [5.41, 5.74) is 3.93. The lowest BCUT2D eigenvalue weighted by Gasteiger charge is -2.25. The lowest BCUT2D eigenvalue weighted by molar-refractivity contribution is 0.257. The molecule has 0 aliphatic carbocycles. The maximum Gasteiger partial charge on any atom is 0.327 e. The number of aromatic nitrogens is 4. The molecule has 0 saturated carbocycles. The van der Waals surface area contributed by atoms with Crippen LogP contribution in [0.5, 0.6) is 5.75 Å². The summed E-state index contributed by atoms with van der Waals surface area (Å²) in [6.45, 7) is 4.12. The summed E-state index contributed by atoms with van der Waals surface area (Å²) in [6, 6.07) is 3.60. The number of hydrogen-bond acceptors (Lipinski definition) is 6. The Kier molecular flexibility index (Phi) is 2.93. The van der Waals surface area contributed by atoms with E-state index in [1.54, 1.807) is 10.8 Å². The molecule has 1 aromatic carbocycles. The summed E-state index contributed by atoms with van der Waals surface area (Å²) in [5.74, 6) is 1.40. The zero-order valence-electron chi connectivity index (χ0n) is 13.6. The van der Waals surface area contributed by atoms with Gasteiger partial charge in [-0.05, 0) is 26.0 Å². The van der Waals surface area contributed by atoms with Gasteiger partial charge in [0.25, 0.3) is 0 Å². The van der Waals surface area contributed by atoms with E-state index in [1.807, 2.05) is 31.4 Å². The number of thiazole rings is 1. The predicted octanol–water partition coefficient (Wildman–Crippen LogP) is 3.04. The van der Waals surface area contributed by atoms with Gasteiger partial charge in [-0.1, -0.05) is 5.16 Å². The summed E-state index contributed by atoms with van der Waals surface area (Å²) in [4.78, 5) is 19.9. The van der Waals surface area contributed by atoms with Crippen LogP contribution in [0.4, 0.5) is 0 Å². The van der Waals surface area contributed by atoms with E-state index in [-0.39, 0.29) is 11.7 Å². The van der Waals surface area contributed by atoms with Gasteiger partial charge in [0.2, 0.25) is 0 Å². The molecule has 0 amide bonds. The van der Waals surface area contributed by atoms with Crippen molar-refractivity contribution in [3.63, 3.8) is 0 Å². The van der Waals surface area contributed by atoms with Gasteiger partial charge < -0.3 is 14.2 Å². The van der Waals surface area contributed by atoms with Gasteiger partial charge >= 0.3 is 5.69 Å². The van der Waals surface area contributed by atoms with Crippen molar-refractivity contribution in [2.24, 2.45) is 0 Å². The SMILES string of the molecule is Cc1noc(C)c1-c1ccc2[nH]c(=O)n3c2c1OCC3c1nccs1. The maximum atomic E-state index is 12.6. The van der Waals surface area contributed by atoms with Crippen molar-refractivity contribution in [1.29, 1.82) is 0 Å². The topological polar surface area (TPSA) is 85.9 Å². The first kappa shape index (κ1) is 14.5. The molecular formula is C17H14N4O3S. The van der Waals surface area contributed by atoms with Gasteiger partial charge in [0.05, 0.1) is 16.8 Å². The van der Waals surface area contributed by atoms with Gasteiger partial charge in [-0.3, -0.25) is 4.57 Å². The van der Waals surface area contributed by atoms with Crippen molar-refractivity contribution >= 4 is 22.4 Å². The molecule has 0 fully saturated rings. The van der Waals surface area contributed by atoms with Gasteiger partial charge in [0, 0.05) is 17.1 Å². The summed E-state index contributed by atoms with van der Waals surface area (Å²) in [7, 11) is 0. The minimum atomic E-state index is -0.228. The molecule has 1 aliphatic rings. The molecule has 4 aromatic rings. The van der Waals surface area contributed by atoms with E-state index in [1.165, 1.54) is 11.3 Å². The molecule has 4 heterocycles. The molecule has 1 N–H and O–H groups in total. The van der Waals surface area contributed by atoms with Crippen LogP contribution in [0.25, 0.3) is 22.2 Å². The molecule has 0 spiro atoms. The Balaban J connectivity index is 1.83. The molecule has 1 atom stereocenters. The van der Waals surface area contributed by atoms with Crippen LogP contribution in [0.2, 0.25) is 0 Å². The quantitative estimate of drug-likeness (QED) is 0.598. The van der Waals surface area contributed by atoms with Gasteiger partial charge in [0.15, 0.2) is 5.75 Å². The van der Waals surface area contributed by atoms with E-state index in [2.05, 4.69) is 15.1 Å². The number of hydrogen-bond donors (Lipinski definition) is 1. The van der Waals surface area contributed by atoms with E-state index < -0.39 is 0 Å². The minimum absolute atomic E-state index is 0.157. The zero-order valence-corrected chi connectivity index (χ0v) is 14.4. The monoisotopic (exact) mass is 354 g/mol. The Morgan fingerprint density at radius 1 is 1.36 bits per heavy atom. The third-order valence-corrected chi connectivity index (χ3v) is 5.45. The van der Waals surface area contributed by atoms with E-state index >= 15 is 0 Å². The number of imidazole rings is 1. The van der Waals surface area contributed by atoms with Crippen molar-refractivity contribution < 1.29 is 9.26 Å². The number of aromatic amines is 1. The first-order chi connectivity index (χ1) is 12.1. The van der Waals surface area contributed by atoms with Gasteiger partial charge in [0.1, 0.15) is 28.9 Å². The third kappa shape index (κ3) is 1.94. The molecule has 0 saturated heterocycles. The largest absolute Gasteiger partial charge is 0.488 e. The summed E-state index contributed by atoms with van der Waals surface area (Å²) in [5, 5.41) is 6.79. The molecule has 8 heteroatoms. The van der Waals surface area contributed by atoms with E-state index in [0.29, 0.717) is 12.4 Å². The Hall–Kier alpha value is -2.87. The van der Waals surface area contributed by atoms with E-state index in [0.717, 1.165) is 38.6 Å². The van der Waals surface area contributed by atoms with Crippen LogP contribution in [0, 0.1) is 13.8 Å². The second kappa shape index (κ2) is 5.06. The van der Waals surface area contributed by atoms with Crippen LogP contribution in [0.15, 0.2) is 33.0 Å². The third-order valence-electron chi connectivity index (χ3n) is 4.57. The first-order valence-electron chi connectivity index (χ1n) is 7.88. The van der Waals surface area contributed by atoms with E-state index in [4.69, 9.17) is 9.26 Å². The number of nitrogens with one attached hydrogen (secondary N) is 1. The van der Waals surface area contributed by atoms with Gasteiger partial charge in [-0.25, -0.2) is 9.78 Å². The normalized spacial score (nSPS) is 16.3. The number of aryl methyl sites for hydroxylation is 2. The number of benzene rings is 1. The molecule has 5 rings (SSSR count). The fraction of sp³-hybridized carbons (Fsp3) is 0.235. The molecule has 0 radical (unpaired) electrons. The van der Waals surface area contributed by atoms with Crippen LogP contribution in [-0.2, 0) is 0 Å². The van der Waals surface area contributed by atoms with Crippen LogP contribution < -0.4 is 10.4 Å². The maximum absolute atomic E-state index is 12.6. The first-order valence-corrected chi connectivity index (χ1v) is 8.75. The Morgan fingerprint density at radius 2 is 2.24 bits per heavy atom. The fourth-order valence-corrected chi connectivity index (χ4v) is 4.23. The lowest BCUT2D eigenvalue weighted by Crippen LogP contribution is -2.30. The highest BCUT2D eigenvalue weighted by Gasteiger charge is 2.31. The highest BCUT2D eigenvalue weighted by Crippen LogP contribution is 2.42. The van der Waals surface area contributed by atoms with Gasteiger partial charge in [-0.15, -0.1) is 11.3 Å². The van der Waals surface area contributed by atoms with Crippen LogP contribution in [-0.4, -0.2) is 26.3 Å². The van der Waals surface area contributed by atoms with Crippen molar-refractivity contribution in [1.82, 2.24) is 19.7 Å². The molecule has 0 bridgehead atoms. The number of rotatable bonds is 2. The Bertz CT molecular complexity index is 1130. The summed E-state index contributed by atoms with van der Waals surface area (Å²) < 4.78 is 13.2. The van der Waals surface area contributed by atoms with Crippen molar-refractivity contribution in [3.8, 4) is 16.9 Å². The predicted molar refractivity (Wildman–Crippen MR) is 93.3 cm³/mol. The number of H-pyrrole nitrogens is 1. The summed E-state index contributed by atoms with van der Waals surface area (Å²) >= 11 is 1.52. The van der Waals surface area contributed by atoms with Crippen LogP contribution in [0.1, 0.15) is 22.5 Å². The van der Waals surface area contributed by atoms with E-state index in [9.17, 15) is 4.79 Å². The van der Waals surface area contributed by atoms with Crippen LogP contribution in [0.3, 0.4) is 0 Å². The fourth-order valence-electron chi connectivity index (χ4n) is 3.51.